The molecule has 206 valence electrons. The summed E-state index contributed by atoms with van der Waals surface area (Å²) in [6.07, 6.45) is 0.386. The molecular weight excluding hydrogens is 466 g/mol. The molecule has 0 bridgehead atoms. The third-order valence-corrected chi connectivity index (χ3v) is 4.12. The summed E-state index contributed by atoms with van der Waals surface area (Å²) in [4.78, 5) is 58.8. The Morgan fingerprint density at radius 1 is 0.917 bits per heavy atom. The summed E-state index contributed by atoms with van der Waals surface area (Å²) >= 11 is 0. The van der Waals surface area contributed by atoms with Crippen LogP contribution in [-0.4, -0.2) is 93.8 Å². The lowest BCUT2D eigenvalue weighted by atomic mass is 10.2. The predicted molar refractivity (Wildman–Crippen MR) is 141 cm³/mol. The fourth-order valence-electron chi connectivity index (χ4n) is 1.99. The van der Waals surface area contributed by atoms with Gasteiger partial charge in [-0.05, 0) is 26.0 Å². The van der Waals surface area contributed by atoms with Gasteiger partial charge in [0.25, 0.3) is 0 Å². The highest BCUT2D eigenvalue weighted by Gasteiger charge is 2.17. The van der Waals surface area contributed by atoms with Crippen molar-refractivity contribution in [2.45, 2.75) is 47.6 Å². The largest absolute Gasteiger partial charge is 0.497 e. The molecule has 0 saturated heterocycles. The minimum absolute atomic E-state index is 0.153. The second-order valence-electron chi connectivity index (χ2n) is 7.06. The van der Waals surface area contributed by atoms with Crippen LogP contribution >= 0.6 is 0 Å². The summed E-state index contributed by atoms with van der Waals surface area (Å²) in [6.45, 7) is 10.8. The number of rotatable bonds is 10. The van der Waals surface area contributed by atoms with E-state index in [1.807, 2.05) is 52.0 Å². The Hall–Kier alpha value is -3.63. The number of nitrogens with zero attached hydrogens (tertiary/aromatic N) is 2. The number of ether oxygens (including phenoxy) is 1. The summed E-state index contributed by atoms with van der Waals surface area (Å²) in [6, 6.07) is 7.20. The molecule has 0 aliphatic heterocycles. The molecule has 1 aromatic rings. The molecule has 11 heteroatoms. The van der Waals surface area contributed by atoms with Gasteiger partial charge in [0.2, 0.25) is 30.0 Å². The minimum Gasteiger partial charge on any atom is -0.497 e. The fourth-order valence-corrected chi connectivity index (χ4v) is 1.99. The van der Waals surface area contributed by atoms with E-state index >= 15 is 0 Å². The molecule has 0 heterocycles. The number of methoxy groups -OCH3 is 1. The van der Waals surface area contributed by atoms with Gasteiger partial charge >= 0.3 is 0 Å². The van der Waals surface area contributed by atoms with E-state index in [1.165, 1.54) is 24.4 Å². The average Bonchev–Trinajstić information content (AvgIpc) is 2.88. The van der Waals surface area contributed by atoms with Crippen LogP contribution in [0.5, 0.6) is 5.75 Å². The van der Waals surface area contributed by atoms with Crippen LogP contribution in [0.2, 0.25) is 0 Å². The molecule has 0 aliphatic rings. The van der Waals surface area contributed by atoms with Gasteiger partial charge in [-0.15, -0.1) is 0 Å². The van der Waals surface area contributed by atoms with Crippen molar-refractivity contribution in [2.75, 3.05) is 47.9 Å². The zero-order chi connectivity index (χ0) is 28.7. The number of likely N-dealkylation sites (N-methyl/N-ethyl adjacent to an activating group) is 2. The predicted octanol–water partition coefficient (Wildman–Crippen LogP) is 0.956. The van der Waals surface area contributed by atoms with Gasteiger partial charge in [0.05, 0.1) is 26.7 Å². The molecule has 0 radical (unpaired) electrons. The monoisotopic (exact) mass is 511 g/mol. The molecule has 5 amide bonds. The molecule has 36 heavy (non-hydrogen) atoms. The number of nitrogens with one attached hydrogen (secondary N) is 3. The SMILES string of the molecule is CC.CC.COc1ccc(C)cc1.C[C@@H](NC=O)C(=O)NCC(=O)N(C)CC(=O)NCC(=O)N(C)C. The fraction of sp³-hybridized carbons (Fsp3) is 0.560. The molecule has 1 rings (SSSR count). The Balaban J connectivity index is -0.000000688. The first kappa shape index (κ1) is 36.9. The van der Waals surface area contributed by atoms with Gasteiger partial charge in [-0.25, -0.2) is 0 Å². The normalized spacial score (nSPS) is 9.61. The molecule has 1 atom stereocenters. The van der Waals surface area contributed by atoms with E-state index in [0.29, 0.717) is 6.41 Å². The first-order chi connectivity index (χ1) is 17.0. The van der Waals surface area contributed by atoms with Crippen LogP contribution in [0.1, 0.15) is 40.2 Å². The van der Waals surface area contributed by atoms with Crippen LogP contribution < -0.4 is 20.7 Å². The Bertz CT molecular complexity index is 769. The number of hydrogen-bond donors (Lipinski definition) is 3. The average molecular weight is 512 g/mol. The lowest BCUT2D eigenvalue weighted by Crippen LogP contribution is -2.47. The Morgan fingerprint density at radius 2 is 1.42 bits per heavy atom. The number of carbonyl (C=O) groups excluding carboxylic acids is 5. The number of carbonyl (C=O) groups is 5. The molecular formula is C25H45N5O6. The van der Waals surface area contributed by atoms with E-state index in [9.17, 15) is 24.0 Å². The minimum atomic E-state index is -0.758. The van der Waals surface area contributed by atoms with Crippen molar-refractivity contribution in [3.05, 3.63) is 29.8 Å². The van der Waals surface area contributed by atoms with Gasteiger partial charge in [-0.3, -0.25) is 24.0 Å². The van der Waals surface area contributed by atoms with Gasteiger partial charge in [-0.2, -0.15) is 0 Å². The van der Waals surface area contributed by atoms with Crippen molar-refractivity contribution in [3.8, 4) is 5.75 Å². The van der Waals surface area contributed by atoms with Gasteiger partial charge in [0.15, 0.2) is 0 Å². The maximum Gasteiger partial charge on any atom is 0.242 e. The van der Waals surface area contributed by atoms with E-state index in [1.54, 1.807) is 21.2 Å². The first-order valence-electron chi connectivity index (χ1n) is 11.8. The van der Waals surface area contributed by atoms with Gasteiger partial charge in [0.1, 0.15) is 11.8 Å². The molecule has 11 nitrogen and oxygen atoms in total. The summed E-state index contributed by atoms with van der Waals surface area (Å²) in [5.74, 6) is -0.833. The number of aryl methyl sites for hydroxylation is 1. The zero-order valence-corrected chi connectivity index (χ0v) is 23.4. The van der Waals surface area contributed by atoms with Crippen molar-refractivity contribution in [2.24, 2.45) is 0 Å². The molecule has 0 saturated carbocycles. The molecule has 0 unspecified atom stereocenters. The number of amides is 5. The molecule has 0 aliphatic carbocycles. The lowest BCUT2D eigenvalue weighted by molar-refractivity contribution is -0.136. The van der Waals surface area contributed by atoms with Crippen LogP contribution in [0, 0.1) is 6.92 Å². The van der Waals surface area contributed by atoms with Crippen molar-refractivity contribution < 1.29 is 28.7 Å². The summed E-state index contributed by atoms with van der Waals surface area (Å²) in [5, 5.41) is 6.98. The van der Waals surface area contributed by atoms with E-state index < -0.39 is 23.8 Å². The highest BCUT2D eigenvalue weighted by molar-refractivity contribution is 5.91. The summed E-state index contributed by atoms with van der Waals surface area (Å²) in [7, 11) is 6.19. The topological polar surface area (TPSA) is 137 Å². The van der Waals surface area contributed by atoms with E-state index in [-0.39, 0.29) is 25.5 Å². The van der Waals surface area contributed by atoms with Crippen LogP contribution in [-0.2, 0) is 24.0 Å². The summed E-state index contributed by atoms with van der Waals surface area (Å²) < 4.78 is 4.97. The van der Waals surface area contributed by atoms with E-state index in [4.69, 9.17) is 4.74 Å². The van der Waals surface area contributed by atoms with E-state index in [0.717, 1.165) is 10.6 Å². The number of benzene rings is 1. The van der Waals surface area contributed by atoms with Crippen LogP contribution in [0.4, 0.5) is 0 Å². The van der Waals surface area contributed by atoms with Crippen LogP contribution in [0.3, 0.4) is 0 Å². The Labute approximate surface area is 215 Å². The van der Waals surface area contributed by atoms with Crippen LogP contribution in [0.15, 0.2) is 24.3 Å². The van der Waals surface area contributed by atoms with Crippen molar-refractivity contribution in [3.63, 3.8) is 0 Å². The molecule has 3 N–H and O–H groups in total. The molecule has 1 aromatic carbocycles. The third kappa shape index (κ3) is 18.8. The zero-order valence-electron chi connectivity index (χ0n) is 23.4. The number of hydrogen-bond acceptors (Lipinski definition) is 6. The molecule has 0 fully saturated rings. The molecule has 0 aromatic heterocycles. The van der Waals surface area contributed by atoms with Gasteiger partial charge in [0, 0.05) is 21.1 Å². The van der Waals surface area contributed by atoms with Gasteiger partial charge in [-0.1, -0.05) is 45.4 Å². The molecule has 0 spiro atoms. The Kier molecular flexibility index (Phi) is 23.7. The smallest absolute Gasteiger partial charge is 0.242 e. The quantitative estimate of drug-likeness (QED) is 0.400. The maximum atomic E-state index is 11.8. The lowest BCUT2D eigenvalue weighted by Gasteiger charge is -2.18. The second-order valence-corrected chi connectivity index (χ2v) is 7.06. The highest BCUT2D eigenvalue weighted by atomic mass is 16.5. The highest BCUT2D eigenvalue weighted by Crippen LogP contribution is 2.09. The van der Waals surface area contributed by atoms with Crippen molar-refractivity contribution in [1.29, 1.82) is 0 Å². The standard InChI is InChI=1S/C13H23N5O5.C8H10O.2C2H6/c1-9(16-8-19)13(23)15-6-12(22)18(4)7-10(20)14-5-11(21)17(2)3;1-7-3-5-8(9-2)6-4-7;2*1-2/h8-9H,5-7H2,1-4H3,(H,14,20)(H,15,23)(H,16,19);3-6H,1-2H3;2*1-2H3/t9-;;;/m1.../s1. The Morgan fingerprint density at radius 3 is 1.86 bits per heavy atom. The van der Waals surface area contributed by atoms with Crippen molar-refractivity contribution >= 4 is 30.0 Å². The summed E-state index contributed by atoms with van der Waals surface area (Å²) in [5.41, 5.74) is 1.26. The second kappa shape index (κ2) is 23.1. The van der Waals surface area contributed by atoms with Crippen LogP contribution in [0.25, 0.3) is 0 Å². The van der Waals surface area contributed by atoms with E-state index in [2.05, 4.69) is 22.9 Å². The third-order valence-electron chi connectivity index (χ3n) is 4.12. The van der Waals surface area contributed by atoms with Gasteiger partial charge < -0.3 is 30.5 Å². The first-order valence-corrected chi connectivity index (χ1v) is 11.8. The maximum absolute atomic E-state index is 11.8. The van der Waals surface area contributed by atoms with Crippen molar-refractivity contribution in [1.82, 2.24) is 25.8 Å².